The minimum absolute atomic E-state index is 0.225. The summed E-state index contributed by atoms with van der Waals surface area (Å²) < 4.78 is 2.11. The van der Waals surface area contributed by atoms with E-state index in [0.29, 0.717) is 17.7 Å². The second kappa shape index (κ2) is 10.3. The average molecular weight is 597 g/mol. The lowest BCUT2D eigenvalue weighted by atomic mass is 9.76. The molecule has 0 unspecified atom stereocenters. The summed E-state index contributed by atoms with van der Waals surface area (Å²) in [5.41, 5.74) is 5.18. The van der Waals surface area contributed by atoms with Crippen LogP contribution in [0.4, 0.5) is 0 Å². The predicted molar refractivity (Wildman–Crippen MR) is 139 cm³/mol. The van der Waals surface area contributed by atoms with Crippen LogP contribution in [0, 0.1) is 11.8 Å². The number of nitrogens with zero attached hydrogens (tertiary/aromatic N) is 2. The van der Waals surface area contributed by atoms with Crippen molar-refractivity contribution in [3.63, 3.8) is 0 Å². The molecule has 2 N–H and O–H groups in total. The van der Waals surface area contributed by atoms with Crippen LogP contribution in [0.2, 0.25) is 5.02 Å². The van der Waals surface area contributed by atoms with E-state index in [-0.39, 0.29) is 5.92 Å². The van der Waals surface area contributed by atoms with Crippen molar-refractivity contribution in [1.82, 2.24) is 9.88 Å². The van der Waals surface area contributed by atoms with Gasteiger partial charge in [0.05, 0.1) is 18.8 Å². The van der Waals surface area contributed by atoms with E-state index in [1.807, 2.05) is 12.3 Å². The molecule has 0 bridgehead atoms. The maximum Gasteiger partial charge on any atom is 0.222 e. The van der Waals surface area contributed by atoms with Crippen molar-refractivity contribution in [2.75, 3.05) is 26.2 Å². The molecule has 1 aromatic carbocycles. The Hall–Kier alpha value is -0.950. The third-order valence-electron chi connectivity index (χ3n) is 7.80. The second-order valence-electron chi connectivity index (χ2n) is 9.87. The molecule has 4 nitrogen and oxygen atoms in total. The predicted octanol–water partition coefficient (Wildman–Crippen LogP) is 5.09. The maximum atomic E-state index is 13.0. The molecule has 1 aliphatic carbocycles. The zero-order valence-electron chi connectivity index (χ0n) is 18.8. The minimum atomic E-state index is 0.225. The van der Waals surface area contributed by atoms with E-state index in [1.54, 1.807) is 0 Å². The number of carbonyl (C=O) groups excluding carboxylic acids is 1. The number of rotatable bonds is 3. The highest BCUT2D eigenvalue weighted by Crippen LogP contribution is 2.46. The zero-order valence-corrected chi connectivity index (χ0v) is 22.8. The van der Waals surface area contributed by atoms with Crippen molar-refractivity contribution in [3.05, 3.63) is 60.7 Å². The van der Waals surface area contributed by atoms with E-state index in [1.165, 1.54) is 48.3 Å². The van der Waals surface area contributed by atoms with Gasteiger partial charge in [0.1, 0.15) is 0 Å². The molecule has 7 heteroatoms. The van der Waals surface area contributed by atoms with Crippen LogP contribution in [-0.2, 0) is 17.6 Å². The van der Waals surface area contributed by atoms with Gasteiger partial charge < -0.3 is 10.2 Å². The zero-order chi connectivity index (χ0) is 22.9. The van der Waals surface area contributed by atoms with E-state index in [0.717, 1.165) is 59.2 Å². The number of hydrogen-bond donors (Lipinski definition) is 1. The fraction of sp³-hybridized carbons (Fsp3) is 0.538. The Morgan fingerprint density at radius 2 is 1.79 bits per heavy atom. The highest BCUT2D eigenvalue weighted by atomic mass is 79.9. The molecule has 0 spiro atoms. The van der Waals surface area contributed by atoms with Crippen molar-refractivity contribution in [2.24, 2.45) is 11.8 Å². The summed E-state index contributed by atoms with van der Waals surface area (Å²) in [6.45, 7) is 4.04. The molecular weight excluding hydrogens is 566 g/mol. The van der Waals surface area contributed by atoms with Crippen molar-refractivity contribution in [3.8, 4) is 0 Å². The van der Waals surface area contributed by atoms with Gasteiger partial charge in [0.15, 0.2) is 0 Å². The second-order valence-corrected chi connectivity index (χ2v) is 12.1. The van der Waals surface area contributed by atoms with Crippen LogP contribution < -0.4 is 5.32 Å². The number of aromatic nitrogens is 1. The van der Waals surface area contributed by atoms with E-state index < -0.39 is 0 Å². The number of amides is 1. The van der Waals surface area contributed by atoms with Crippen molar-refractivity contribution >= 4 is 49.4 Å². The number of halogens is 3. The fourth-order valence-electron chi connectivity index (χ4n) is 6.09. The fourth-order valence-corrected chi connectivity index (χ4v) is 7.59. The van der Waals surface area contributed by atoms with Crippen LogP contribution in [0.1, 0.15) is 60.4 Å². The summed E-state index contributed by atoms with van der Waals surface area (Å²) in [6.07, 6.45) is 8.97. The number of nitrogens with two attached hydrogens (primary N) is 1. The van der Waals surface area contributed by atoms with Crippen LogP contribution in [-0.4, -0.2) is 42.0 Å². The molecule has 3 heterocycles. The first kappa shape index (κ1) is 23.8. The normalized spacial score (nSPS) is 21.9. The standard InChI is InChI=1S/C26H30Br2ClN3O/c27-20-12-19-2-1-18-13-21(29)14-22(28)24(18)25(26(19)31-15-20)17-5-9-32(10-6-17)23(33)11-16-3-7-30-8-4-16/h12-17,25,30H,1-11H2/p+1/t25-/m1/s1. The minimum Gasteiger partial charge on any atom is -0.346 e. The van der Waals surface area contributed by atoms with Crippen LogP contribution in [0.3, 0.4) is 0 Å². The maximum absolute atomic E-state index is 13.0. The highest BCUT2D eigenvalue weighted by molar-refractivity contribution is 9.10. The summed E-state index contributed by atoms with van der Waals surface area (Å²) in [4.78, 5) is 20.1. The molecule has 176 valence electrons. The van der Waals surface area contributed by atoms with Crippen LogP contribution in [0.15, 0.2) is 33.3 Å². The Morgan fingerprint density at radius 3 is 2.55 bits per heavy atom. The number of quaternary nitrogens is 1. The van der Waals surface area contributed by atoms with Crippen LogP contribution >= 0.6 is 43.5 Å². The molecule has 1 atom stereocenters. The van der Waals surface area contributed by atoms with E-state index in [9.17, 15) is 4.79 Å². The number of carbonyl (C=O) groups is 1. The van der Waals surface area contributed by atoms with E-state index in [2.05, 4.69) is 54.2 Å². The Bertz CT molecular complexity index is 1030. The molecule has 0 radical (unpaired) electrons. The molecule has 3 aliphatic rings. The number of aryl methyl sites for hydroxylation is 2. The summed E-state index contributed by atoms with van der Waals surface area (Å²) in [6, 6.07) is 6.39. The monoisotopic (exact) mass is 594 g/mol. The molecule has 5 rings (SSSR count). The number of fused-ring (bicyclic) bond motifs is 2. The van der Waals surface area contributed by atoms with E-state index in [4.69, 9.17) is 16.6 Å². The third-order valence-corrected chi connectivity index (χ3v) is 9.11. The number of likely N-dealkylation sites (tertiary alicyclic amines) is 1. The molecule has 2 aliphatic heterocycles. The number of pyridine rings is 1. The first-order chi connectivity index (χ1) is 16.0. The first-order valence-corrected chi connectivity index (χ1v) is 14.2. The SMILES string of the molecule is O=C(CC1CC[NH2+]CC1)N1CCC([C@H]2c3ncc(Br)cc3CCc3cc(Cl)cc(Br)c32)CC1. The van der Waals surface area contributed by atoms with E-state index >= 15 is 0 Å². The molecule has 2 aromatic rings. The molecule has 33 heavy (non-hydrogen) atoms. The Kier molecular flexibility index (Phi) is 7.46. The lowest BCUT2D eigenvalue weighted by molar-refractivity contribution is -0.664. The Balaban J connectivity index is 1.38. The summed E-state index contributed by atoms with van der Waals surface area (Å²) in [7, 11) is 0. The van der Waals surface area contributed by atoms with Gasteiger partial charge in [-0.2, -0.15) is 0 Å². The molecule has 0 saturated carbocycles. The number of benzene rings is 1. The molecular formula is C26H31Br2ClN3O+. The number of piperidine rings is 2. The third kappa shape index (κ3) is 5.19. The smallest absolute Gasteiger partial charge is 0.222 e. The van der Waals surface area contributed by atoms with Crippen LogP contribution in [0.5, 0.6) is 0 Å². The van der Waals surface area contributed by atoms with Gasteiger partial charge in [-0.25, -0.2) is 0 Å². The van der Waals surface area contributed by atoms with Gasteiger partial charge in [0.2, 0.25) is 5.91 Å². The van der Waals surface area contributed by atoms with Gasteiger partial charge >= 0.3 is 0 Å². The molecule has 1 amide bonds. The Labute approximate surface area is 218 Å². The topological polar surface area (TPSA) is 49.8 Å². The highest BCUT2D eigenvalue weighted by Gasteiger charge is 2.36. The largest absolute Gasteiger partial charge is 0.346 e. The van der Waals surface area contributed by atoms with Crippen molar-refractivity contribution < 1.29 is 10.1 Å². The summed E-state index contributed by atoms with van der Waals surface area (Å²) in [5.74, 6) is 1.62. The van der Waals surface area contributed by atoms with Crippen molar-refractivity contribution in [2.45, 2.75) is 50.9 Å². The average Bonchev–Trinajstić information content (AvgIpc) is 2.96. The molecule has 2 fully saturated rings. The first-order valence-electron chi connectivity index (χ1n) is 12.2. The summed E-state index contributed by atoms with van der Waals surface area (Å²) >= 11 is 13.9. The van der Waals surface area contributed by atoms with Crippen LogP contribution in [0.25, 0.3) is 0 Å². The van der Waals surface area contributed by atoms with Gasteiger partial charge in [-0.3, -0.25) is 9.78 Å². The van der Waals surface area contributed by atoms with Gasteiger partial charge in [-0.1, -0.05) is 27.5 Å². The summed E-state index contributed by atoms with van der Waals surface area (Å²) in [5, 5.41) is 3.15. The van der Waals surface area contributed by atoms with Gasteiger partial charge in [-0.05, 0) is 101 Å². The van der Waals surface area contributed by atoms with Crippen molar-refractivity contribution in [1.29, 1.82) is 0 Å². The molecule has 1 aromatic heterocycles. The quantitative estimate of drug-likeness (QED) is 0.537. The Morgan fingerprint density at radius 1 is 1.06 bits per heavy atom. The lowest BCUT2D eigenvalue weighted by Crippen LogP contribution is -2.86. The van der Waals surface area contributed by atoms with Gasteiger partial charge in [0.25, 0.3) is 0 Å². The van der Waals surface area contributed by atoms with Gasteiger partial charge in [0, 0.05) is 45.6 Å². The lowest BCUT2D eigenvalue weighted by Gasteiger charge is -2.37. The van der Waals surface area contributed by atoms with Gasteiger partial charge in [-0.15, -0.1) is 0 Å². The number of hydrogen-bond acceptors (Lipinski definition) is 2. The molecule has 2 saturated heterocycles.